The summed E-state index contributed by atoms with van der Waals surface area (Å²) in [6.07, 6.45) is 4.21. The number of nitrogens with one attached hydrogen (secondary N) is 1. The second-order valence-corrected chi connectivity index (χ2v) is 1.80. The molecule has 4 heteroatoms. The van der Waals surface area contributed by atoms with Crippen LogP contribution in [0.3, 0.4) is 0 Å². The molecule has 3 nitrogen and oxygen atoms in total. The fourth-order valence-corrected chi connectivity index (χ4v) is 0.568. The van der Waals surface area contributed by atoms with Crippen LogP contribution >= 0.6 is 0 Å². The van der Waals surface area contributed by atoms with Crippen LogP contribution < -0.4 is 5.32 Å². The predicted molar refractivity (Wildman–Crippen MR) is 30.2 cm³/mol. The number of amides is 1. The van der Waals surface area contributed by atoms with Gasteiger partial charge in [0.1, 0.15) is 5.91 Å². The van der Waals surface area contributed by atoms with Crippen molar-refractivity contribution in [1.29, 1.82) is 0 Å². The predicted octanol–water partition coefficient (Wildman–Crippen LogP) is -0.218. The average molecular weight is 264 g/mol. The molecule has 0 spiro atoms. The van der Waals surface area contributed by atoms with Crippen LogP contribution in [0.15, 0.2) is 6.08 Å². The van der Waals surface area contributed by atoms with Crippen molar-refractivity contribution in [3.05, 3.63) is 12.3 Å². The van der Waals surface area contributed by atoms with E-state index >= 15 is 0 Å². The van der Waals surface area contributed by atoms with Crippen molar-refractivity contribution < 1.29 is 51.3 Å². The molecule has 10 heavy (non-hydrogen) atoms. The maximum atomic E-state index is 10.5. The Labute approximate surface area is 92.6 Å². The molecule has 1 aliphatic rings. The first-order valence-corrected chi connectivity index (χ1v) is 2.69. The van der Waals surface area contributed by atoms with E-state index in [4.69, 9.17) is 0 Å². The smallest absolute Gasteiger partial charge is 0.122 e. The first-order valence-electron chi connectivity index (χ1n) is 2.69. The Balaban J connectivity index is 0.000000810. The Kier molecular flexibility index (Phi) is 5.11. The topological polar surface area (TPSA) is 46.2 Å². The molecule has 0 aromatic heterocycles. The molecule has 1 heterocycles. The summed E-state index contributed by atoms with van der Waals surface area (Å²) in [6.45, 7) is 0. The van der Waals surface area contributed by atoms with Crippen LogP contribution in [0.5, 0.6) is 0 Å². The molecule has 1 aliphatic heterocycles. The molecule has 0 aromatic carbocycles. The van der Waals surface area contributed by atoms with E-state index in [0.29, 0.717) is 6.42 Å². The molecular formula is C6H6CeNO2-. The molecule has 0 unspecified atom stereocenters. The van der Waals surface area contributed by atoms with Crippen LogP contribution in [0.1, 0.15) is 12.8 Å². The minimum absolute atomic E-state index is 0. The molecule has 52 valence electrons. The molecule has 0 saturated heterocycles. The molecule has 0 fully saturated rings. The molecule has 0 radical (unpaired) electrons. The molecule has 0 aliphatic carbocycles. The second kappa shape index (κ2) is 4.98. The number of ketones is 1. The second-order valence-electron chi connectivity index (χ2n) is 1.80. The van der Waals surface area contributed by atoms with E-state index in [1.54, 1.807) is 0 Å². The van der Waals surface area contributed by atoms with Crippen LogP contribution in [0.4, 0.5) is 0 Å². The molecule has 1 N–H and O–H groups in total. The Morgan fingerprint density at radius 1 is 1.40 bits per heavy atom. The van der Waals surface area contributed by atoms with Crippen molar-refractivity contribution in [1.82, 2.24) is 5.32 Å². The van der Waals surface area contributed by atoms with Crippen LogP contribution in [0, 0.1) is 47.9 Å². The zero-order chi connectivity index (χ0) is 6.69. The number of hydrogen-bond donors (Lipinski definition) is 1. The van der Waals surface area contributed by atoms with Gasteiger partial charge >= 0.3 is 0 Å². The van der Waals surface area contributed by atoms with Crippen LogP contribution in [0.25, 0.3) is 0 Å². The van der Waals surface area contributed by atoms with Gasteiger partial charge in [-0.3, -0.25) is 0 Å². The van der Waals surface area contributed by atoms with Gasteiger partial charge < -0.3 is 14.9 Å². The van der Waals surface area contributed by atoms with E-state index in [0.717, 1.165) is 0 Å². The van der Waals surface area contributed by atoms with Gasteiger partial charge in [-0.25, -0.2) is 0 Å². The minimum atomic E-state index is -0.142. The molecular weight excluding hydrogens is 258 g/mol. The summed E-state index contributed by atoms with van der Waals surface area (Å²) in [5.74, 6) is -0.189. The fraction of sp³-hybridized carbons (Fsp3) is 0.333. The SMILES string of the molecule is O=C1C=[C-]NC(=O)CC1.[Ce]. The number of hydrogen-bond acceptors (Lipinski definition) is 2. The van der Waals surface area contributed by atoms with Gasteiger partial charge in [-0.05, 0) is 12.8 Å². The fourth-order valence-electron chi connectivity index (χ4n) is 0.568. The van der Waals surface area contributed by atoms with E-state index in [-0.39, 0.29) is 59.9 Å². The molecule has 0 saturated carbocycles. The Morgan fingerprint density at radius 2 is 2.10 bits per heavy atom. The van der Waals surface area contributed by atoms with Gasteiger partial charge in [-0.1, -0.05) is 6.20 Å². The zero-order valence-corrected chi connectivity index (χ0v) is 8.45. The van der Waals surface area contributed by atoms with E-state index < -0.39 is 0 Å². The third-order valence-corrected chi connectivity index (χ3v) is 1.04. The van der Waals surface area contributed by atoms with Crippen LogP contribution in [0.2, 0.25) is 0 Å². The summed E-state index contributed by atoms with van der Waals surface area (Å²) in [7, 11) is 0. The Hall–Kier alpha value is 0.257. The van der Waals surface area contributed by atoms with E-state index in [9.17, 15) is 9.59 Å². The van der Waals surface area contributed by atoms with Crippen molar-refractivity contribution in [2.24, 2.45) is 0 Å². The van der Waals surface area contributed by atoms with Crippen molar-refractivity contribution in [3.63, 3.8) is 0 Å². The summed E-state index contributed by atoms with van der Waals surface area (Å²) < 4.78 is 0. The summed E-state index contributed by atoms with van der Waals surface area (Å²) in [4.78, 5) is 21.0. The quantitative estimate of drug-likeness (QED) is 0.615. The van der Waals surface area contributed by atoms with Gasteiger partial charge in [0.25, 0.3) is 0 Å². The van der Waals surface area contributed by atoms with E-state index in [2.05, 4.69) is 11.5 Å². The summed E-state index contributed by atoms with van der Waals surface area (Å²) in [5.41, 5.74) is 0. The van der Waals surface area contributed by atoms with Gasteiger partial charge in [-0.2, -0.15) is 0 Å². The summed E-state index contributed by atoms with van der Waals surface area (Å²) >= 11 is 0. The monoisotopic (exact) mass is 264 g/mol. The van der Waals surface area contributed by atoms with Crippen LogP contribution in [-0.4, -0.2) is 11.7 Å². The zero-order valence-electron chi connectivity index (χ0n) is 5.31. The van der Waals surface area contributed by atoms with E-state index in [1.807, 2.05) is 0 Å². The van der Waals surface area contributed by atoms with Crippen molar-refractivity contribution in [2.75, 3.05) is 0 Å². The van der Waals surface area contributed by atoms with Gasteiger partial charge in [0.05, 0.1) is 5.78 Å². The summed E-state index contributed by atoms with van der Waals surface area (Å²) in [5, 5.41) is 2.31. The van der Waals surface area contributed by atoms with Gasteiger partial charge in [-0.15, -0.1) is 6.08 Å². The Bertz CT molecular complexity index is 177. The van der Waals surface area contributed by atoms with Gasteiger partial charge in [0.15, 0.2) is 0 Å². The first-order chi connectivity index (χ1) is 4.29. The standard InChI is InChI=1S/C6H6NO2.Ce/c8-5-1-2-6(9)7-4-3-5;/h3H,1-2H2,(H,7,9);/q-1;. The van der Waals surface area contributed by atoms with Gasteiger partial charge in [0, 0.05) is 41.7 Å². The average Bonchev–Trinajstić information content (AvgIpc) is 1.97. The maximum absolute atomic E-state index is 10.5. The van der Waals surface area contributed by atoms with Crippen molar-refractivity contribution >= 4 is 11.7 Å². The van der Waals surface area contributed by atoms with Gasteiger partial charge in [0.2, 0.25) is 0 Å². The largest absolute Gasteiger partial charge is 0.439 e. The molecule has 1 amide bonds. The van der Waals surface area contributed by atoms with Crippen molar-refractivity contribution in [2.45, 2.75) is 12.8 Å². The molecule has 1 rings (SSSR count). The molecule has 0 atom stereocenters. The number of carbonyl (C=O) groups excluding carboxylic acids is 2. The minimum Gasteiger partial charge on any atom is -0.439 e. The molecule has 0 bridgehead atoms. The Morgan fingerprint density at radius 3 is 2.80 bits per heavy atom. The van der Waals surface area contributed by atoms with Crippen LogP contribution in [-0.2, 0) is 9.59 Å². The van der Waals surface area contributed by atoms with Crippen molar-refractivity contribution in [3.8, 4) is 0 Å². The number of allylic oxidation sites excluding steroid dienone is 1. The summed E-state index contributed by atoms with van der Waals surface area (Å²) in [6, 6.07) is 0. The molecule has 0 aromatic rings. The third kappa shape index (κ3) is 3.43. The third-order valence-electron chi connectivity index (χ3n) is 1.04. The maximum Gasteiger partial charge on any atom is 0.122 e. The van der Waals surface area contributed by atoms with E-state index in [1.165, 1.54) is 6.08 Å². The number of carbonyl (C=O) groups is 2. The number of rotatable bonds is 0. The first kappa shape index (κ1) is 10.3. The normalized spacial score (nSPS) is 17.2.